The Labute approximate surface area is 122 Å². The number of nitrogens with zero attached hydrogens (tertiary/aromatic N) is 2. The van der Waals surface area contributed by atoms with E-state index in [0.29, 0.717) is 24.1 Å². The zero-order valence-corrected chi connectivity index (χ0v) is 11.6. The number of benzene rings is 1. The van der Waals surface area contributed by atoms with Crippen LogP contribution in [0.5, 0.6) is 0 Å². The fourth-order valence-electron chi connectivity index (χ4n) is 1.64. The standard InChI is InChI=1S/C14H15ClN4O/c15-12-5-2-1-4-11(12)10-13(20)16-8-9-19-14-17-6-3-7-18-14/h1-7H,8-10H2,(H,16,20)(H,17,18,19). The summed E-state index contributed by atoms with van der Waals surface area (Å²) in [6.07, 6.45) is 3.60. The second-order valence-electron chi connectivity index (χ2n) is 4.12. The van der Waals surface area contributed by atoms with E-state index >= 15 is 0 Å². The molecule has 0 aliphatic carbocycles. The summed E-state index contributed by atoms with van der Waals surface area (Å²) in [6.45, 7) is 1.07. The Morgan fingerprint density at radius 1 is 1.10 bits per heavy atom. The monoisotopic (exact) mass is 290 g/mol. The maximum atomic E-state index is 11.7. The molecule has 5 nitrogen and oxygen atoms in total. The van der Waals surface area contributed by atoms with Crippen molar-refractivity contribution in [3.05, 3.63) is 53.3 Å². The fourth-order valence-corrected chi connectivity index (χ4v) is 1.85. The van der Waals surface area contributed by atoms with Gasteiger partial charge in [0, 0.05) is 30.5 Å². The summed E-state index contributed by atoms with van der Waals surface area (Å²) in [4.78, 5) is 19.8. The van der Waals surface area contributed by atoms with Crippen LogP contribution in [0.3, 0.4) is 0 Å². The van der Waals surface area contributed by atoms with Crippen molar-refractivity contribution in [3.8, 4) is 0 Å². The maximum absolute atomic E-state index is 11.7. The molecule has 2 rings (SSSR count). The van der Waals surface area contributed by atoms with E-state index in [4.69, 9.17) is 11.6 Å². The Balaban J connectivity index is 1.69. The highest BCUT2D eigenvalue weighted by Crippen LogP contribution is 2.14. The van der Waals surface area contributed by atoms with Crippen molar-refractivity contribution in [2.45, 2.75) is 6.42 Å². The minimum Gasteiger partial charge on any atom is -0.354 e. The molecule has 0 fully saturated rings. The number of halogens is 1. The summed E-state index contributed by atoms with van der Waals surface area (Å²) in [5.74, 6) is 0.488. The van der Waals surface area contributed by atoms with Crippen LogP contribution in [-0.2, 0) is 11.2 Å². The van der Waals surface area contributed by atoms with Gasteiger partial charge in [-0.1, -0.05) is 29.8 Å². The predicted octanol–water partition coefficient (Wildman–Crippen LogP) is 1.90. The van der Waals surface area contributed by atoms with Crippen molar-refractivity contribution in [2.75, 3.05) is 18.4 Å². The highest BCUT2D eigenvalue weighted by Gasteiger charge is 2.05. The molecule has 1 heterocycles. The molecular formula is C14H15ClN4O. The van der Waals surface area contributed by atoms with E-state index in [1.807, 2.05) is 18.2 Å². The summed E-state index contributed by atoms with van der Waals surface area (Å²) >= 11 is 6.00. The first-order valence-electron chi connectivity index (χ1n) is 6.26. The Kier molecular flexibility index (Phi) is 5.32. The van der Waals surface area contributed by atoms with Gasteiger partial charge in [0.25, 0.3) is 0 Å². The van der Waals surface area contributed by atoms with Gasteiger partial charge in [0.15, 0.2) is 0 Å². The molecule has 0 radical (unpaired) electrons. The molecule has 0 saturated carbocycles. The van der Waals surface area contributed by atoms with E-state index in [1.165, 1.54) is 0 Å². The number of hydrogen-bond acceptors (Lipinski definition) is 4. The molecule has 1 amide bonds. The summed E-state index contributed by atoms with van der Waals surface area (Å²) in [5.41, 5.74) is 0.825. The van der Waals surface area contributed by atoms with Crippen LogP contribution in [-0.4, -0.2) is 29.0 Å². The lowest BCUT2D eigenvalue weighted by atomic mass is 10.1. The largest absolute Gasteiger partial charge is 0.354 e. The smallest absolute Gasteiger partial charge is 0.224 e. The van der Waals surface area contributed by atoms with Crippen molar-refractivity contribution >= 4 is 23.5 Å². The summed E-state index contributed by atoms with van der Waals surface area (Å²) in [6, 6.07) is 9.07. The van der Waals surface area contributed by atoms with E-state index < -0.39 is 0 Å². The van der Waals surface area contributed by atoms with E-state index in [0.717, 1.165) is 5.56 Å². The van der Waals surface area contributed by atoms with Gasteiger partial charge in [-0.25, -0.2) is 9.97 Å². The fraction of sp³-hybridized carbons (Fsp3) is 0.214. The van der Waals surface area contributed by atoms with E-state index in [1.54, 1.807) is 24.5 Å². The van der Waals surface area contributed by atoms with E-state index in [9.17, 15) is 4.79 Å². The van der Waals surface area contributed by atoms with Gasteiger partial charge in [0.2, 0.25) is 11.9 Å². The third kappa shape index (κ3) is 4.51. The minimum absolute atomic E-state index is 0.0612. The van der Waals surface area contributed by atoms with Crippen LogP contribution < -0.4 is 10.6 Å². The molecule has 0 bridgehead atoms. The van der Waals surface area contributed by atoms with Crippen LogP contribution in [0, 0.1) is 0 Å². The van der Waals surface area contributed by atoms with Crippen molar-refractivity contribution in [3.63, 3.8) is 0 Å². The van der Waals surface area contributed by atoms with Crippen LogP contribution in [0.15, 0.2) is 42.7 Å². The quantitative estimate of drug-likeness (QED) is 0.798. The Morgan fingerprint density at radius 3 is 2.60 bits per heavy atom. The van der Waals surface area contributed by atoms with Gasteiger partial charge in [-0.15, -0.1) is 0 Å². The molecule has 0 saturated heterocycles. The van der Waals surface area contributed by atoms with Gasteiger partial charge in [0.1, 0.15) is 0 Å². The second kappa shape index (κ2) is 7.45. The molecule has 0 atom stereocenters. The van der Waals surface area contributed by atoms with Gasteiger partial charge in [0.05, 0.1) is 6.42 Å². The Hall–Kier alpha value is -2.14. The molecule has 6 heteroatoms. The van der Waals surface area contributed by atoms with Crippen molar-refractivity contribution < 1.29 is 4.79 Å². The number of anilines is 1. The van der Waals surface area contributed by atoms with Gasteiger partial charge in [-0.05, 0) is 17.7 Å². The van der Waals surface area contributed by atoms with Crippen molar-refractivity contribution in [2.24, 2.45) is 0 Å². The van der Waals surface area contributed by atoms with Gasteiger partial charge >= 0.3 is 0 Å². The number of carbonyl (C=O) groups is 1. The van der Waals surface area contributed by atoms with Crippen LogP contribution >= 0.6 is 11.6 Å². The highest BCUT2D eigenvalue weighted by molar-refractivity contribution is 6.31. The highest BCUT2D eigenvalue weighted by atomic mass is 35.5. The summed E-state index contributed by atoms with van der Waals surface area (Å²) < 4.78 is 0. The van der Waals surface area contributed by atoms with E-state index in [-0.39, 0.29) is 12.3 Å². The first kappa shape index (κ1) is 14.3. The molecule has 0 aliphatic rings. The Bertz CT molecular complexity index is 562. The molecule has 2 N–H and O–H groups in total. The molecule has 0 unspecified atom stereocenters. The van der Waals surface area contributed by atoms with E-state index in [2.05, 4.69) is 20.6 Å². The lowest BCUT2D eigenvalue weighted by Crippen LogP contribution is -2.30. The number of amides is 1. The van der Waals surface area contributed by atoms with Crippen LogP contribution in [0.1, 0.15) is 5.56 Å². The summed E-state index contributed by atoms with van der Waals surface area (Å²) in [5, 5.41) is 6.43. The SMILES string of the molecule is O=C(Cc1ccccc1Cl)NCCNc1ncccn1. The summed E-state index contributed by atoms with van der Waals surface area (Å²) in [7, 11) is 0. The molecule has 1 aromatic carbocycles. The van der Waals surface area contributed by atoms with Gasteiger partial charge < -0.3 is 10.6 Å². The Morgan fingerprint density at radius 2 is 1.85 bits per heavy atom. The number of carbonyl (C=O) groups excluding carboxylic acids is 1. The number of aromatic nitrogens is 2. The van der Waals surface area contributed by atoms with Crippen LogP contribution in [0.4, 0.5) is 5.95 Å². The molecule has 0 spiro atoms. The zero-order chi connectivity index (χ0) is 14.2. The molecule has 0 aliphatic heterocycles. The third-order valence-electron chi connectivity index (χ3n) is 2.60. The van der Waals surface area contributed by atoms with Gasteiger partial charge in [-0.3, -0.25) is 4.79 Å². The number of nitrogens with one attached hydrogen (secondary N) is 2. The molecule has 2 aromatic rings. The van der Waals surface area contributed by atoms with Crippen molar-refractivity contribution in [1.29, 1.82) is 0 Å². The predicted molar refractivity (Wildman–Crippen MR) is 78.7 cm³/mol. The van der Waals surface area contributed by atoms with Crippen molar-refractivity contribution in [1.82, 2.24) is 15.3 Å². The molecular weight excluding hydrogens is 276 g/mol. The number of hydrogen-bond donors (Lipinski definition) is 2. The maximum Gasteiger partial charge on any atom is 0.224 e. The molecule has 20 heavy (non-hydrogen) atoms. The molecule has 1 aromatic heterocycles. The lowest BCUT2D eigenvalue weighted by molar-refractivity contribution is -0.120. The number of rotatable bonds is 6. The first-order chi connectivity index (χ1) is 9.75. The normalized spacial score (nSPS) is 10.1. The van der Waals surface area contributed by atoms with Crippen LogP contribution in [0.25, 0.3) is 0 Å². The molecule has 104 valence electrons. The van der Waals surface area contributed by atoms with Crippen LogP contribution in [0.2, 0.25) is 5.02 Å². The average molecular weight is 291 g/mol. The topological polar surface area (TPSA) is 66.9 Å². The minimum atomic E-state index is -0.0612. The first-order valence-corrected chi connectivity index (χ1v) is 6.64. The zero-order valence-electron chi connectivity index (χ0n) is 10.8. The third-order valence-corrected chi connectivity index (χ3v) is 2.97. The second-order valence-corrected chi connectivity index (χ2v) is 4.52. The lowest BCUT2D eigenvalue weighted by Gasteiger charge is -2.07. The van der Waals surface area contributed by atoms with Gasteiger partial charge in [-0.2, -0.15) is 0 Å². The average Bonchev–Trinajstić information content (AvgIpc) is 2.47.